The molecule has 0 aliphatic carbocycles. The van der Waals surface area contributed by atoms with Gasteiger partial charge in [-0.15, -0.1) is 0 Å². The molecule has 120 valence electrons. The van der Waals surface area contributed by atoms with Crippen LogP contribution in [-0.2, 0) is 6.54 Å². The van der Waals surface area contributed by atoms with Crippen molar-refractivity contribution >= 4 is 17.6 Å². The molecule has 0 unspecified atom stereocenters. The lowest BCUT2D eigenvalue weighted by Crippen LogP contribution is -2.26. The van der Waals surface area contributed by atoms with Crippen LogP contribution in [0.3, 0.4) is 0 Å². The van der Waals surface area contributed by atoms with E-state index in [9.17, 15) is 19.7 Å². The van der Waals surface area contributed by atoms with Gasteiger partial charge in [0.2, 0.25) is 5.76 Å². The van der Waals surface area contributed by atoms with Crippen LogP contribution in [0.15, 0.2) is 34.7 Å². The van der Waals surface area contributed by atoms with Crippen LogP contribution < -0.4 is 0 Å². The van der Waals surface area contributed by atoms with E-state index in [4.69, 9.17) is 9.52 Å². The molecule has 8 nitrogen and oxygen atoms in total. The summed E-state index contributed by atoms with van der Waals surface area (Å²) < 4.78 is 5.09. The lowest BCUT2D eigenvalue weighted by molar-refractivity contribution is -0.385. The first kappa shape index (κ1) is 16.2. The Hall–Kier alpha value is -3.16. The second kappa shape index (κ2) is 6.30. The van der Waals surface area contributed by atoms with Crippen LogP contribution in [0.1, 0.15) is 32.2 Å². The first-order valence-corrected chi connectivity index (χ1v) is 6.62. The van der Waals surface area contributed by atoms with Gasteiger partial charge in [-0.3, -0.25) is 14.9 Å². The Morgan fingerprint density at radius 1 is 1.30 bits per heavy atom. The molecule has 0 saturated carbocycles. The molecule has 23 heavy (non-hydrogen) atoms. The summed E-state index contributed by atoms with van der Waals surface area (Å²) in [5.41, 5.74) is 0.363. The van der Waals surface area contributed by atoms with Gasteiger partial charge in [-0.05, 0) is 25.1 Å². The number of benzene rings is 1. The van der Waals surface area contributed by atoms with Crippen LogP contribution >= 0.6 is 0 Å². The maximum Gasteiger partial charge on any atom is 0.371 e. The molecule has 1 aromatic carbocycles. The van der Waals surface area contributed by atoms with Crippen molar-refractivity contribution in [3.8, 4) is 0 Å². The normalized spacial score (nSPS) is 10.3. The number of amides is 1. The van der Waals surface area contributed by atoms with Crippen LogP contribution in [0.25, 0.3) is 0 Å². The number of hydrogen-bond acceptors (Lipinski definition) is 5. The summed E-state index contributed by atoms with van der Waals surface area (Å²) in [6.45, 7) is 1.56. The van der Waals surface area contributed by atoms with Crippen molar-refractivity contribution < 1.29 is 24.0 Å². The quantitative estimate of drug-likeness (QED) is 0.669. The van der Waals surface area contributed by atoms with E-state index in [1.54, 1.807) is 0 Å². The van der Waals surface area contributed by atoms with Crippen molar-refractivity contribution in [2.75, 3.05) is 7.05 Å². The Morgan fingerprint density at radius 2 is 2.00 bits per heavy atom. The van der Waals surface area contributed by atoms with E-state index in [1.165, 1.54) is 49.2 Å². The molecular weight excluding hydrogens is 304 g/mol. The molecule has 0 aliphatic heterocycles. The molecule has 0 saturated heterocycles. The Labute approximate surface area is 131 Å². The van der Waals surface area contributed by atoms with Gasteiger partial charge in [-0.1, -0.05) is 6.07 Å². The fraction of sp³-hybridized carbons (Fsp3) is 0.200. The van der Waals surface area contributed by atoms with Crippen molar-refractivity contribution in [1.29, 1.82) is 0 Å². The zero-order valence-corrected chi connectivity index (χ0v) is 12.5. The molecule has 1 N–H and O–H groups in total. The van der Waals surface area contributed by atoms with Crippen molar-refractivity contribution in [2.24, 2.45) is 0 Å². The monoisotopic (exact) mass is 318 g/mol. The van der Waals surface area contributed by atoms with Crippen molar-refractivity contribution in [3.63, 3.8) is 0 Å². The third-order valence-corrected chi connectivity index (χ3v) is 3.34. The average Bonchev–Trinajstić information content (AvgIpc) is 2.95. The number of nitro benzene ring substituents is 1. The lowest BCUT2D eigenvalue weighted by atomic mass is 10.1. The minimum Gasteiger partial charge on any atom is -0.475 e. The number of nitrogens with zero attached hydrogens (tertiary/aromatic N) is 2. The predicted molar refractivity (Wildman–Crippen MR) is 79.3 cm³/mol. The fourth-order valence-electron chi connectivity index (χ4n) is 2.14. The molecular formula is C15H14N2O6. The Balaban J connectivity index is 2.21. The maximum absolute atomic E-state index is 12.4. The topological polar surface area (TPSA) is 114 Å². The number of carboxylic acids is 1. The Morgan fingerprint density at radius 3 is 2.57 bits per heavy atom. The van der Waals surface area contributed by atoms with E-state index >= 15 is 0 Å². The minimum absolute atomic E-state index is 0.0498. The largest absolute Gasteiger partial charge is 0.475 e. The summed E-state index contributed by atoms with van der Waals surface area (Å²) in [7, 11) is 1.50. The van der Waals surface area contributed by atoms with Crippen molar-refractivity contribution in [1.82, 2.24) is 4.90 Å². The highest BCUT2D eigenvalue weighted by atomic mass is 16.6. The van der Waals surface area contributed by atoms with Gasteiger partial charge in [0, 0.05) is 24.2 Å². The van der Waals surface area contributed by atoms with Gasteiger partial charge < -0.3 is 14.4 Å². The van der Waals surface area contributed by atoms with E-state index in [0.29, 0.717) is 5.76 Å². The molecule has 0 fully saturated rings. The van der Waals surface area contributed by atoms with E-state index in [-0.39, 0.29) is 29.1 Å². The fourth-order valence-corrected chi connectivity index (χ4v) is 2.14. The van der Waals surface area contributed by atoms with Gasteiger partial charge in [-0.2, -0.15) is 0 Å². The molecule has 0 bridgehead atoms. The Bertz CT molecular complexity index is 780. The number of rotatable bonds is 5. The highest BCUT2D eigenvalue weighted by Gasteiger charge is 2.21. The Kier molecular flexibility index (Phi) is 4.44. The van der Waals surface area contributed by atoms with E-state index in [0.717, 1.165) is 0 Å². The summed E-state index contributed by atoms with van der Waals surface area (Å²) in [5.74, 6) is -1.52. The number of carbonyl (C=O) groups excluding carboxylic acids is 1. The van der Waals surface area contributed by atoms with Crippen LogP contribution in [0.5, 0.6) is 0 Å². The van der Waals surface area contributed by atoms with E-state index in [2.05, 4.69) is 0 Å². The second-order valence-corrected chi connectivity index (χ2v) is 4.94. The molecule has 8 heteroatoms. The SMILES string of the molecule is Cc1c(C(=O)N(C)Cc2ccc(C(=O)O)o2)cccc1[N+](=O)[O-]. The average molecular weight is 318 g/mol. The number of carbonyl (C=O) groups is 2. The molecule has 2 rings (SSSR count). The number of aromatic carboxylic acids is 1. The standard InChI is InChI=1S/C15H14N2O6/c1-9-11(4-3-5-12(9)17(21)22)14(18)16(2)8-10-6-7-13(23-10)15(19)20/h3-7H,8H2,1-2H3,(H,19,20). The molecule has 2 aromatic rings. The summed E-state index contributed by atoms with van der Waals surface area (Å²) in [4.78, 5) is 34.9. The molecule has 0 aliphatic rings. The molecule has 1 aromatic heterocycles. The molecule has 1 heterocycles. The smallest absolute Gasteiger partial charge is 0.371 e. The van der Waals surface area contributed by atoms with Gasteiger partial charge in [0.1, 0.15) is 5.76 Å². The zero-order chi connectivity index (χ0) is 17.1. The van der Waals surface area contributed by atoms with Crippen LogP contribution in [0.4, 0.5) is 5.69 Å². The van der Waals surface area contributed by atoms with Gasteiger partial charge >= 0.3 is 5.97 Å². The zero-order valence-electron chi connectivity index (χ0n) is 12.5. The number of carboxylic acid groups (broad SMARTS) is 1. The van der Waals surface area contributed by atoms with Gasteiger partial charge in [0.05, 0.1) is 11.5 Å². The van der Waals surface area contributed by atoms with E-state index in [1.807, 2.05) is 0 Å². The minimum atomic E-state index is -1.19. The number of hydrogen-bond donors (Lipinski definition) is 1. The van der Waals surface area contributed by atoms with Gasteiger partial charge in [0.15, 0.2) is 0 Å². The first-order valence-electron chi connectivity index (χ1n) is 6.62. The third kappa shape index (κ3) is 3.37. The highest BCUT2D eigenvalue weighted by Crippen LogP contribution is 2.22. The summed E-state index contributed by atoms with van der Waals surface area (Å²) in [6.07, 6.45) is 0. The van der Waals surface area contributed by atoms with E-state index < -0.39 is 16.8 Å². The summed E-state index contributed by atoms with van der Waals surface area (Å²) in [6, 6.07) is 7.05. The van der Waals surface area contributed by atoms with Crippen LogP contribution in [0.2, 0.25) is 0 Å². The second-order valence-electron chi connectivity index (χ2n) is 4.94. The summed E-state index contributed by atoms with van der Waals surface area (Å²) >= 11 is 0. The number of furan rings is 1. The van der Waals surface area contributed by atoms with Gasteiger partial charge in [-0.25, -0.2) is 4.79 Å². The van der Waals surface area contributed by atoms with Crippen molar-refractivity contribution in [3.05, 3.63) is 63.1 Å². The van der Waals surface area contributed by atoms with Crippen molar-refractivity contribution in [2.45, 2.75) is 13.5 Å². The summed E-state index contributed by atoms with van der Waals surface area (Å²) in [5, 5.41) is 19.7. The predicted octanol–water partition coefficient (Wildman–Crippen LogP) is 2.47. The number of nitro groups is 1. The molecule has 1 amide bonds. The molecule has 0 spiro atoms. The highest BCUT2D eigenvalue weighted by molar-refractivity contribution is 5.96. The maximum atomic E-state index is 12.4. The lowest BCUT2D eigenvalue weighted by Gasteiger charge is -2.17. The molecule has 0 atom stereocenters. The third-order valence-electron chi connectivity index (χ3n) is 3.34. The van der Waals surface area contributed by atoms with Crippen LogP contribution in [-0.4, -0.2) is 33.9 Å². The molecule has 0 radical (unpaired) electrons. The first-order chi connectivity index (χ1) is 10.8. The van der Waals surface area contributed by atoms with Crippen LogP contribution in [0, 0.1) is 17.0 Å². The van der Waals surface area contributed by atoms with Gasteiger partial charge in [0.25, 0.3) is 11.6 Å².